The van der Waals surface area contributed by atoms with E-state index >= 15 is 0 Å². The van der Waals surface area contributed by atoms with Crippen LogP contribution >= 0.6 is 0 Å². The van der Waals surface area contributed by atoms with E-state index in [1.807, 2.05) is 0 Å². The zero-order valence-corrected chi connectivity index (χ0v) is 6.45. The minimum Gasteiger partial charge on any atom is -0.394 e. The Balaban J connectivity index is 2.74. The van der Waals surface area contributed by atoms with Gasteiger partial charge in [-0.25, -0.2) is 5.53 Å². The summed E-state index contributed by atoms with van der Waals surface area (Å²) in [6.45, 7) is 2.24. The van der Waals surface area contributed by atoms with Crippen LogP contribution in [0.4, 0.5) is 0 Å². The Bertz CT molecular complexity index is 89.9. The minimum atomic E-state index is 0.0437. The summed E-state index contributed by atoms with van der Waals surface area (Å²) < 4.78 is 9.91. The van der Waals surface area contributed by atoms with E-state index in [0.717, 1.165) is 0 Å². The predicted octanol–water partition coefficient (Wildman–Crippen LogP) is 0.0429. The second-order valence-electron chi connectivity index (χ2n) is 1.83. The first-order valence-electron chi connectivity index (χ1n) is 3.51. The van der Waals surface area contributed by atoms with Gasteiger partial charge in [0.25, 0.3) is 0 Å². The van der Waals surface area contributed by atoms with Crippen molar-refractivity contribution in [3.8, 4) is 0 Å². The SMILES string of the molecule is N=NCCOCCOCCO. The first kappa shape index (κ1) is 10.5. The van der Waals surface area contributed by atoms with Crippen LogP contribution in [0.25, 0.3) is 0 Å². The lowest BCUT2D eigenvalue weighted by Crippen LogP contribution is -2.08. The van der Waals surface area contributed by atoms with E-state index in [2.05, 4.69) is 5.11 Å². The Morgan fingerprint density at radius 1 is 1.09 bits per heavy atom. The minimum absolute atomic E-state index is 0.0437. The Morgan fingerprint density at radius 3 is 2.27 bits per heavy atom. The normalized spacial score (nSPS) is 9.91. The molecule has 66 valence electrons. The maximum atomic E-state index is 8.30. The van der Waals surface area contributed by atoms with Crippen molar-refractivity contribution < 1.29 is 14.6 Å². The topological polar surface area (TPSA) is 74.9 Å². The van der Waals surface area contributed by atoms with Crippen molar-refractivity contribution in [1.29, 1.82) is 5.53 Å². The van der Waals surface area contributed by atoms with Crippen LogP contribution in [0.15, 0.2) is 5.11 Å². The highest BCUT2D eigenvalue weighted by Gasteiger charge is 1.87. The molecule has 0 aromatic carbocycles. The molecule has 0 fully saturated rings. The molecule has 0 aliphatic carbocycles. The molecule has 0 spiro atoms. The van der Waals surface area contributed by atoms with Crippen LogP contribution in [0, 0.1) is 5.53 Å². The first-order chi connectivity index (χ1) is 5.41. The standard InChI is InChI=1S/C6H14N2O3/c7-8-1-3-10-5-6-11-4-2-9/h7,9H,1-6H2. The van der Waals surface area contributed by atoms with E-state index in [4.69, 9.17) is 20.1 Å². The highest BCUT2D eigenvalue weighted by Crippen LogP contribution is 1.78. The molecule has 0 atom stereocenters. The highest BCUT2D eigenvalue weighted by molar-refractivity contribution is 4.34. The average molecular weight is 162 g/mol. The smallest absolute Gasteiger partial charge is 0.0830 e. The predicted molar refractivity (Wildman–Crippen MR) is 38.7 cm³/mol. The van der Waals surface area contributed by atoms with Gasteiger partial charge in [0.1, 0.15) is 0 Å². The molecular formula is C6H14N2O3. The van der Waals surface area contributed by atoms with E-state index in [9.17, 15) is 0 Å². The Morgan fingerprint density at radius 2 is 1.73 bits per heavy atom. The van der Waals surface area contributed by atoms with Gasteiger partial charge in [-0.15, -0.1) is 0 Å². The number of nitrogens with zero attached hydrogens (tertiary/aromatic N) is 1. The van der Waals surface area contributed by atoms with Crippen molar-refractivity contribution in [3.05, 3.63) is 0 Å². The van der Waals surface area contributed by atoms with Crippen LogP contribution in [-0.2, 0) is 9.47 Å². The van der Waals surface area contributed by atoms with Gasteiger partial charge >= 0.3 is 0 Å². The lowest BCUT2D eigenvalue weighted by Gasteiger charge is -2.01. The number of aliphatic hydroxyl groups excluding tert-OH is 1. The maximum absolute atomic E-state index is 8.30. The van der Waals surface area contributed by atoms with Gasteiger partial charge in [-0.3, -0.25) is 0 Å². The molecule has 0 saturated heterocycles. The number of aliphatic hydroxyl groups is 1. The van der Waals surface area contributed by atoms with Gasteiger partial charge < -0.3 is 14.6 Å². The van der Waals surface area contributed by atoms with E-state index in [1.165, 1.54) is 0 Å². The zero-order valence-electron chi connectivity index (χ0n) is 6.45. The van der Waals surface area contributed by atoms with Crippen LogP contribution in [0.3, 0.4) is 0 Å². The Hall–Kier alpha value is -0.520. The summed E-state index contributed by atoms with van der Waals surface area (Å²) in [6, 6.07) is 0. The van der Waals surface area contributed by atoms with Gasteiger partial charge in [-0.2, -0.15) is 5.11 Å². The summed E-state index contributed by atoms with van der Waals surface area (Å²) in [5.74, 6) is 0. The zero-order chi connectivity index (χ0) is 8.36. The molecule has 0 rings (SSSR count). The second-order valence-corrected chi connectivity index (χ2v) is 1.83. The number of ether oxygens (including phenoxy) is 2. The van der Waals surface area contributed by atoms with Gasteiger partial charge in [0.05, 0.1) is 39.6 Å². The largest absolute Gasteiger partial charge is 0.394 e. The summed E-state index contributed by atoms with van der Waals surface area (Å²) in [5.41, 5.74) is 6.43. The molecule has 0 aliphatic rings. The molecule has 0 bridgehead atoms. The highest BCUT2D eigenvalue weighted by atomic mass is 16.5. The molecule has 2 N–H and O–H groups in total. The maximum Gasteiger partial charge on any atom is 0.0830 e. The third-order valence-electron chi connectivity index (χ3n) is 0.955. The Labute approximate surface area is 65.8 Å². The lowest BCUT2D eigenvalue weighted by molar-refractivity contribution is 0.0352. The van der Waals surface area contributed by atoms with Crippen molar-refractivity contribution in [2.24, 2.45) is 5.11 Å². The molecule has 0 radical (unpaired) electrons. The van der Waals surface area contributed by atoms with E-state index in [0.29, 0.717) is 33.0 Å². The summed E-state index contributed by atoms with van der Waals surface area (Å²) in [4.78, 5) is 0. The molecule has 0 aliphatic heterocycles. The summed E-state index contributed by atoms with van der Waals surface area (Å²) in [6.07, 6.45) is 0. The molecule has 5 heteroatoms. The van der Waals surface area contributed by atoms with Crippen LogP contribution < -0.4 is 0 Å². The van der Waals surface area contributed by atoms with E-state index in [1.54, 1.807) is 0 Å². The van der Waals surface area contributed by atoms with Crippen LogP contribution in [0.2, 0.25) is 0 Å². The monoisotopic (exact) mass is 162 g/mol. The summed E-state index contributed by atoms with van der Waals surface area (Å²) in [7, 11) is 0. The molecule has 0 aromatic rings. The van der Waals surface area contributed by atoms with E-state index in [-0.39, 0.29) is 6.61 Å². The number of nitrogens with one attached hydrogen (secondary N) is 1. The quantitative estimate of drug-likeness (QED) is 0.391. The third-order valence-corrected chi connectivity index (χ3v) is 0.955. The molecule has 0 unspecified atom stereocenters. The van der Waals surface area contributed by atoms with Crippen LogP contribution in [0.1, 0.15) is 0 Å². The van der Waals surface area contributed by atoms with Gasteiger partial charge in [-0.1, -0.05) is 0 Å². The van der Waals surface area contributed by atoms with Crippen LogP contribution in [0.5, 0.6) is 0 Å². The van der Waals surface area contributed by atoms with Crippen molar-refractivity contribution >= 4 is 0 Å². The second kappa shape index (κ2) is 9.48. The van der Waals surface area contributed by atoms with Gasteiger partial charge in [0.15, 0.2) is 0 Å². The van der Waals surface area contributed by atoms with Gasteiger partial charge in [0, 0.05) is 0 Å². The molecular weight excluding hydrogens is 148 g/mol. The van der Waals surface area contributed by atoms with Crippen molar-refractivity contribution in [2.75, 3.05) is 39.6 Å². The van der Waals surface area contributed by atoms with Crippen molar-refractivity contribution in [1.82, 2.24) is 0 Å². The molecule has 0 amide bonds. The van der Waals surface area contributed by atoms with E-state index < -0.39 is 0 Å². The molecule has 5 nitrogen and oxygen atoms in total. The van der Waals surface area contributed by atoms with Crippen LogP contribution in [-0.4, -0.2) is 44.7 Å². The number of hydrogen-bond donors (Lipinski definition) is 2. The molecule has 0 heterocycles. The molecule has 0 aromatic heterocycles. The lowest BCUT2D eigenvalue weighted by atomic mass is 10.7. The number of hydrogen-bond acceptors (Lipinski definition) is 5. The third kappa shape index (κ3) is 9.48. The fourth-order valence-electron chi connectivity index (χ4n) is 0.497. The van der Waals surface area contributed by atoms with Crippen molar-refractivity contribution in [3.63, 3.8) is 0 Å². The Kier molecular flexibility index (Phi) is 9.03. The average Bonchev–Trinajstić information content (AvgIpc) is 2.03. The van der Waals surface area contributed by atoms with Gasteiger partial charge in [0.2, 0.25) is 0 Å². The first-order valence-corrected chi connectivity index (χ1v) is 3.51. The fourth-order valence-corrected chi connectivity index (χ4v) is 0.497. The summed E-state index contributed by atoms with van der Waals surface area (Å²) >= 11 is 0. The summed E-state index contributed by atoms with van der Waals surface area (Å²) in [5, 5.41) is 11.4. The number of rotatable bonds is 8. The van der Waals surface area contributed by atoms with Gasteiger partial charge in [-0.05, 0) is 0 Å². The van der Waals surface area contributed by atoms with Crippen molar-refractivity contribution in [2.45, 2.75) is 0 Å². The molecule has 0 saturated carbocycles. The fraction of sp³-hybridized carbons (Fsp3) is 1.00. The molecule has 11 heavy (non-hydrogen) atoms.